The molecule has 1 aliphatic heterocycles. The molecular weight excluding hydrogens is 339 g/mol. The van der Waals surface area contributed by atoms with Gasteiger partial charge in [0, 0.05) is 31.9 Å². The number of halogens is 2. The number of nitrogens with two attached hydrogens (primary N) is 1. The number of rotatable bonds is 4. The van der Waals surface area contributed by atoms with E-state index in [2.05, 4.69) is 29.3 Å². The molecule has 0 saturated carbocycles. The van der Waals surface area contributed by atoms with Crippen LogP contribution < -0.4 is 16.0 Å². The van der Waals surface area contributed by atoms with Gasteiger partial charge < -0.3 is 20.9 Å². The summed E-state index contributed by atoms with van der Waals surface area (Å²) in [5, 5.41) is 2.51. The standard InChI is InChI=1S/C15H22N4O2.2ClH/c1-12-4-2-3-5-13(12)18-6-8-19(9-7-18)15(21)11-17-14(20)10-16;;/h2-5H,6-11,16H2,1H3,(H,17,20);2*1H. The van der Waals surface area contributed by atoms with Crippen LogP contribution in [0.15, 0.2) is 24.3 Å². The first kappa shape index (κ1) is 21.5. The molecule has 23 heavy (non-hydrogen) atoms. The zero-order valence-electron chi connectivity index (χ0n) is 13.2. The van der Waals surface area contributed by atoms with E-state index in [1.807, 2.05) is 12.1 Å². The summed E-state index contributed by atoms with van der Waals surface area (Å²) in [6, 6.07) is 8.25. The van der Waals surface area contributed by atoms with E-state index in [1.165, 1.54) is 11.3 Å². The summed E-state index contributed by atoms with van der Waals surface area (Å²) in [6.45, 7) is 4.99. The quantitative estimate of drug-likeness (QED) is 0.820. The van der Waals surface area contributed by atoms with Crippen LogP contribution in [0, 0.1) is 6.92 Å². The topological polar surface area (TPSA) is 78.7 Å². The largest absolute Gasteiger partial charge is 0.368 e. The van der Waals surface area contributed by atoms with E-state index in [0.717, 1.165) is 13.1 Å². The zero-order chi connectivity index (χ0) is 15.2. The molecule has 0 aliphatic carbocycles. The van der Waals surface area contributed by atoms with Gasteiger partial charge in [0.15, 0.2) is 0 Å². The number of carbonyl (C=O) groups excluding carboxylic acids is 2. The Bertz CT molecular complexity index is 520. The van der Waals surface area contributed by atoms with Gasteiger partial charge in [-0.3, -0.25) is 9.59 Å². The van der Waals surface area contributed by atoms with Crippen molar-refractivity contribution < 1.29 is 9.59 Å². The number of hydrogen-bond donors (Lipinski definition) is 2. The van der Waals surface area contributed by atoms with Crippen molar-refractivity contribution in [3.63, 3.8) is 0 Å². The van der Waals surface area contributed by atoms with Crippen LogP contribution >= 0.6 is 24.8 Å². The maximum atomic E-state index is 12.0. The SMILES string of the molecule is Cc1ccccc1N1CCN(C(=O)CNC(=O)CN)CC1.Cl.Cl. The van der Waals surface area contributed by atoms with Crippen molar-refractivity contribution in [2.75, 3.05) is 44.2 Å². The zero-order valence-corrected chi connectivity index (χ0v) is 14.8. The van der Waals surface area contributed by atoms with E-state index in [0.29, 0.717) is 13.1 Å². The molecule has 130 valence electrons. The average Bonchev–Trinajstić information content (AvgIpc) is 2.53. The monoisotopic (exact) mass is 362 g/mol. The molecule has 0 spiro atoms. The van der Waals surface area contributed by atoms with Crippen LogP contribution in [-0.2, 0) is 9.59 Å². The minimum Gasteiger partial charge on any atom is -0.368 e. The normalized spacial score (nSPS) is 13.7. The smallest absolute Gasteiger partial charge is 0.242 e. The Labute approximate surface area is 149 Å². The van der Waals surface area contributed by atoms with Gasteiger partial charge in [-0.05, 0) is 18.6 Å². The van der Waals surface area contributed by atoms with Crippen molar-refractivity contribution >= 4 is 42.3 Å². The van der Waals surface area contributed by atoms with E-state index in [4.69, 9.17) is 5.73 Å². The molecule has 0 atom stereocenters. The van der Waals surface area contributed by atoms with Crippen LogP contribution in [0.4, 0.5) is 5.69 Å². The lowest BCUT2D eigenvalue weighted by Gasteiger charge is -2.36. The molecule has 2 rings (SSSR count). The minimum atomic E-state index is -0.304. The Morgan fingerprint density at radius 3 is 2.30 bits per heavy atom. The van der Waals surface area contributed by atoms with Gasteiger partial charge in [0.2, 0.25) is 11.8 Å². The average molecular weight is 363 g/mol. The summed E-state index contributed by atoms with van der Waals surface area (Å²) in [4.78, 5) is 27.1. The fourth-order valence-electron chi connectivity index (χ4n) is 2.47. The van der Waals surface area contributed by atoms with E-state index >= 15 is 0 Å². The molecule has 1 heterocycles. The van der Waals surface area contributed by atoms with Gasteiger partial charge in [0.1, 0.15) is 0 Å². The molecule has 8 heteroatoms. The fraction of sp³-hybridized carbons (Fsp3) is 0.467. The van der Waals surface area contributed by atoms with Crippen molar-refractivity contribution in [3.8, 4) is 0 Å². The summed E-state index contributed by atoms with van der Waals surface area (Å²) >= 11 is 0. The van der Waals surface area contributed by atoms with Gasteiger partial charge in [-0.1, -0.05) is 18.2 Å². The molecule has 1 saturated heterocycles. The molecule has 6 nitrogen and oxygen atoms in total. The molecule has 1 aromatic rings. The Hall–Kier alpha value is -1.50. The number of para-hydroxylation sites is 1. The van der Waals surface area contributed by atoms with Crippen molar-refractivity contribution in [2.24, 2.45) is 5.73 Å². The number of aryl methyl sites for hydroxylation is 1. The van der Waals surface area contributed by atoms with Crippen LogP contribution in [0.25, 0.3) is 0 Å². The lowest BCUT2D eigenvalue weighted by Crippen LogP contribution is -2.51. The van der Waals surface area contributed by atoms with Gasteiger partial charge in [-0.25, -0.2) is 0 Å². The second-order valence-corrected chi connectivity index (χ2v) is 5.14. The number of benzene rings is 1. The molecule has 0 radical (unpaired) electrons. The third kappa shape index (κ3) is 5.89. The van der Waals surface area contributed by atoms with Crippen molar-refractivity contribution in [1.29, 1.82) is 0 Å². The van der Waals surface area contributed by atoms with Gasteiger partial charge in [-0.2, -0.15) is 0 Å². The van der Waals surface area contributed by atoms with E-state index in [1.54, 1.807) is 4.90 Å². The molecule has 2 amide bonds. The number of nitrogens with one attached hydrogen (secondary N) is 1. The van der Waals surface area contributed by atoms with E-state index < -0.39 is 0 Å². The number of piperazine rings is 1. The molecular formula is C15H24Cl2N4O2. The first-order valence-corrected chi connectivity index (χ1v) is 7.17. The Morgan fingerprint density at radius 2 is 1.74 bits per heavy atom. The lowest BCUT2D eigenvalue weighted by atomic mass is 10.1. The second kappa shape index (κ2) is 10.3. The maximum absolute atomic E-state index is 12.0. The third-order valence-corrected chi connectivity index (χ3v) is 3.71. The fourth-order valence-corrected chi connectivity index (χ4v) is 2.47. The first-order valence-electron chi connectivity index (χ1n) is 7.17. The maximum Gasteiger partial charge on any atom is 0.242 e. The highest BCUT2D eigenvalue weighted by Crippen LogP contribution is 2.20. The summed E-state index contributed by atoms with van der Waals surface area (Å²) in [5.74, 6) is -0.358. The third-order valence-electron chi connectivity index (χ3n) is 3.71. The number of hydrogen-bond acceptors (Lipinski definition) is 4. The van der Waals surface area contributed by atoms with Crippen LogP contribution in [0.2, 0.25) is 0 Å². The van der Waals surface area contributed by atoms with Crippen LogP contribution in [0.5, 0.6) is 0 Å². The predicted molar refractivity (Wildman–Crippen MR) is 96.5 cm³/mol. The van der Waals surface area contributed by atoms with Gasteiger partial charge in [-0.15, -0.1) is 24.8 Å². The van der Waals surface area contributed by atoms with E-state index in [-0.39, 0.29) is 49.7 Å². The van der Waals surface area contributed by atoms with Gasteiger partial charge >= 0.3 is 0 Å². The predicted octanol–water partition coefficient (Wildman–Crippen LogP) is 0.562. The Balaban J connectivity index is 0.00000242. The highest BCUT2D eigenvalue weighted by Gasteiger charge is 2.21. The lowest BCUT2D eigenvalue weighted by molar-refractivity contribution is -0.132. The molecule has 1 fully saturated rings. The Kier molecular flexibility index (Phi) is 9.64. The summed E-state index contributed by atoms with van der Waals surface area (Å²) < 4.78 is 0. The summed E-state index contributed by atoms with van der Waals surface area (Å²) in [5.41, 5.74) is 7.66. The van der Waals surface area contributed by atoms with E-state index in [9.17, 15) is 9.59 Å². The number of carbonyl (C=O) groups is 2. The van der Waals surface area contributed by atoms with Crippen molar-refractivity contribution in [3.05, 3.63) is 29.8 Å². The molecule has 0 bridgehead atoms. The highest BCUT2D eigenvalue weighted by molar-refractivity contribution is 5.86. The second-order valence-electron chi connectivity index (χ2n) is 5.14. The van der Waals surface area contributed by atoms with Gasteiger partial charge in [0.05, 0.1) is 13.1 Å². The molecule has 1 aliphatic rings. The van der Waals surface area contributed by atoms with Crippen LogP contribution in [0.3, 0.4) is 0 Å². The molecule has 0 unspecified atom stereocenters. The summed E-state index contributed by atoms with van der Waals surface area (Å²) in [7, 11) is 0. The van der Waals surface area contributed by atoms with Crippen LogP contribution in [-0.4, -0.2) is 56.0 Å². The number of amides is 2. The van der Waals surface area contributed by atoms with Gasteiger partial charge in [0.25, 0.3) is 0 Å². The number of anilines is 1. The minimum absolute atomic E-state index is 0. The van der Waals surface area contributed by atoms with Crippen molar-refractivity contribution in [1.82, 2.24) is 10.2 Å². The molecule has 3 N–H and O–H groups in total. The molecule has 1 aromatic carbocycles. The summed E-state index contributed by atoms with van der Waals surface area (Å²) in [6.07, 6.45) is 0. The van der Waals surface area contributed by atoms with Crippen LogP contribution in [0.1, 0.15) is 5.56 Å². The first-order chi connectivity index (χ1) is 10.1. The Morgan fingerprint density at radius 1 is 1.13 bits per heavy atom. The highest BCUT2D eigenvalue weighted by atomic mass is 35.5. The van der Waals surface area contributed by atoms with Crippen molar-refractivity contribution in [2.45, 2.75) is 6.92 Å². The number of nitrogens with zero attached hydrogens (tertiary/aromatic N) is 2. The molecule has 0 aromatic heterocycles.